The smallest absolute Gasteiger partial charge is 0.250 e. The molecule has 8 heteroatoms. The van der Waals surface area contributed by atoms with Gasteiger partial charge in [0.15, 0.2) is 0 Å². The first-order chi connectivity index (χ1) is 20.5. The number of amides is 2. The van der Waals surface area contributed by atoms with Crippen LogP contribution in [0.25, 0.3) is 11.1 Å². The number of piperazine rings is 1. The monoisotopic (exact) mass is 585 g/mol. The highest BCUT2D eigenvalue weighted by Crippen LogP contribution is 2.33. The Bertz CT molecular complexity index is 1390. The summed E-state index contributed by atoms with van der Waals surface area (Å²) >= 11 is 0. The Morgan fingerprint density at radius 1 is 0.884 bits per heavy atom. The number of methoxy groups -OCH3 is 1. The van der Waals surface area contributed by atoms with Crippen LogP contribution in [0.3, 0.4) is 0 Å². The van der Waals surface area contributed by atoms with Crippen molar-refractivity contribution in [2.24, 2.45) is 11.1 Å². The third kappa shape index (κ3) is 9.38. The van der Waals surface area contributed by atoms with Gasteiger partial charge in [-0.1, -0.05) is 69.3 Å². The molecule has 0 unspecified atom stereocenters. The van der Waals surface area contributed by atoms with Crippen LogP contribution >= 0.6 is 0 Å². The molecule has 1 heterocycles. The van der Waals surface area contributed by atoms with E-state index in [0.717, 1.165) is 65.4 Å². The van der Waals surface area contributed by atoms with E-state index in [1.165, 1.54) is 7.11 Å². The number of benzene rings is 3. The third-order valence-electron chi connectivity index (χ3n) is 7.66. The fourth-order valence-electron chi connectivity index (χ4n) is 5.40. The molecule has 0 atom stereocenters. The Kier molecular flexibility index (Phi) is 11.0. The molecule has 8 nitrogen and oxygen atoms in total. The van der Waals surface area contributed by atoms with Gasteiger partial charge in [0.1, 0.15) is 6.61 Å². The van der Waals surface area contributed by atoms with Gasteiger partial charge in [-0.2, -0.15) is 0 Å². The van der Waals surface area contributed by atoms with Gasteiger partial charge in [0.05, 0.1) is 11.4 Å². The average Bonchev–Trinajstić information content (AvgIpc) is 2.97. The quantitative estimate of drug-likeness (QED) is 0.325. The fourth-order valence-corrected chi connectivity index (χ4v) is 5.40. The number of anilines is 2. The van der Waals surface area contributed by atoms with Crippen molar-refractivity contribution in [2.45, 2.75) is 46.8 Å². The van der Waals surface area contributed by atoms with Crippen molar-refractivity contribution in [3.8, 4) is 11.1 Å². The molecule has 0 spiro atoms. The third-order valence-corrected chi connectivity index (χ3v) is 7.66. The number of hydrogen-bond donors (Lipinski definition) is 2. The maximum Gasteiger partial charge on any atom is 0.250 e. The molecule has 4 rings (SSSR count). The van der Waals surface area contributed by atoms with Gasteiger partial charge in [-0.05, 0) is 58.5 Å². The number of nitrogens with zero attached hydrogens (tertiary/aromatic N) is 3. The van der Waals surface area contributed by atoms with Gasteiger partial charge in [-0.3, -0.25) is 9.59 Å². The number of nitrogens with two attached hydrogens (primary N) is 1. The summed E-state index contributed by atoms with van der Waals surface area (Å²) in [4.78, 5) is 32.7. The molecule has 3 N–H and O–H groups in total. The van der Waals surface area contributed by atoms with E-state index in [1.54, 1.807) is 0 Å². The Hall–Kier alpha value is -3.72. The summed E-state index contributed by atoms with van der Waals surface area (Å²) in [6, 6.07) is 22.7. The minimum Gasteiger partial charge on any atom is -0.375 e. The van der Waals surface area contributed by atoms with Crippen molar-refractivity contribution in [2.75, 3.05) is 57.2 Å². The number of hydrogen-bond acceptors (Lipinski definition) is 6. The second kappa shape index (κ2) is 14.6. The van der Waals surface area contributed by atoms with E-state index in [2.05, 4.69) is 79.3 Å². The molecular weight excluding hydrogens is 538 g/mol. The first kappa shape index (κ1) is 32.2. The summed E-state index contributed by atoms with van der Waals surface area (Å²) in [5.74, 6) is -0.0637. The van der Waals surface area contributed by atoms with Gasteiger partial charge in [0.25, 0.3) is 0 Å². The van der Waals surface area contributed by atoms with Crippen LogP contribution in [0.15, 0.2) is 66.7 Å². The molecule has 0 radical (unpaired) electrons. The van der Waals surface area contributed by atoms with Gasteiger partial charge >= 0.3 is 0 Å². The summed E-state index contributed by atoms with van der Waals surface area (Å²) < 4.78 is 5.08. The van der Waals surface area contributed by atoms with Crippen molar-refractivity contribution < 1.29 is 14.3 Å². The molecular formula is C35H47N5O3. The molecule has 1 fully saturated rings. The molecule has 0 saturated carbocycles. The summed E-state index contributed by atoms with van der Waals surface area (Å²) in [6.45, 7) is 11.5. The Morgan fingerprint density at radius 3 is 2.16 bits per heavy atom. The highest BCUT2D eigenvalue weighted by atomic mass is 16.5. The summed E-state index contributed by atoms with van der Waals surface area (Å²) in [5.41, 5.74) is 12.7. The van der Waals surface area contributed by atoms with Crippen molar-refractivity contribution in [3.05, 3.63) is 83.4 Å². The zero-order valence-corrected chi connectivity index (χ0v) is 26.4. The topological polar surface area (TPSA) is 91.1 Å². The van der Waals surface area contributed by atoms with Crippen molar-refractivity contribution >= 4 is 23.2 Å². The molecule has 2 amide bonds. The lowest BCUT2D eigenvalue weighted by Gasteiger charge is -2.35. The van der Waals surface area contributed by atoms with Crippen molar-refractivity contribution in [1.29, 1.82) is 0 Å². The number of nitrogens with one attached hydrogen (secondary N) is 1. The molecule has 230 valence electrons. The van der Waals surface area contributed by atoms with Gasteiger partial charge < -0.3 is 30.5 Å². The number of rotatable bonds is 11. The van der Waals surface area contributed by atoms with E-state index in [9.17, 15) is 9.59 Å². The average molecular weight is 586 g/mol. The molecule has 0 bridgehead atoms. The maximum absolute atomic E-state index is 13.5. The maximum atomic E-state index is 13.5. The van der Waals surface area contributed by atoms with E-state index < -0.39 is 0 Å². The standard InChI is InChI=1S/C35H47N5O3/c1-35(2,3)21-34(42)40(23-27-9-6-8-26(18-27)22-36)24-28-10-7-11-29(19-28)30-12-13-32(39-16-14-38(4)15-17-39)31(20-30)37-33(41)25-43-5/h6-13,18-20H,14-17,21-25,36H2,1-5H3,(H,37,41). The predicted octanol–water partition coefficient (Wildman–Crippen LogP) is 5.11. The van der Waals surface area contributed by atoms with E-state index in [0.29, 0.717) is 26.1 Å². The Labute approximate surface area is 256 Å². The van der Waals surface area contributed by atoms with Gasteiger partial charge in [-0.25, -0.2) is 0 Å². The molecule has 1 aliphatic rings. The van der Waals surface area contributed by atoms with Crippen molar-refractivity contribution in [1.82, 2.24) is 9.80 Å². The highest BCUT2D eigenvalue weighted by Gasteiger charge is 2.23. The zero-order valence-electron chi connectivity index (χ0n) is 26.4. The molecule has 43 heavy (non-hydrogen) atoms. The van der Waals surface area contributed by atoms with E-state index >= 15 is 0 Å². The lowest BCUT2D eigenvalue weighted by atomic mass is 9.91. The fraction of sp³-hybridized carbons (Fsp3) is 0.429. The van der Waals surface area contributed by atoms with Crippen LogP contribution in [-0.4, -0.2) is 68.6 Å². The lowest BCUT2D eigenvalue weighted by molar-refractivity contribution is -0.134. The van der Waals surface area contributed by atoms with E-state index in [4.69, 9.17) is 10.5 Å². The van der Waals surface area contributed by atoms with E-state index in [-0.39, 0.29) is 23.8 Å². The first-order valence-corrected chi connectivity index (χ1v) is 15.1. The van der Waals surface area contributed by atoms with E-state index in [1.807, 2.05) is 35.2 Å². The number of ether oxygens (including phenoxy) is 1. The van der Waals surface area contributed by atoms with Crippen LogP contribution in [0, 0.1) is 5.41 Å². The molecule has 3 aromatic carbocycles. The van der Waals surface area contributed by atoms with Crippen LogP contribution in [0.5, 0.6) is 0 Å². The summed E-state index contributed by atoms with van der Waals surface area (Å²) in [6.07, 6.45) is 0.460. The van der Waals surface area contributed by atoms with Crippen LogP contribution < -0.4 is 16.0 Å². The second-order valence-corrected chi connectivity index (χ2v) is 12.7. The van der Waals surface area contributed by atoms with Crippen LogP contribution in [-0.2, 0) is 34.0 Å². The molecule has 1 aliphatic heterocycles. The van der Waals surface area contributed by atoms with Crippen LogP contribution in [0.4, 0.5) is 11.4 Å². The molecule has 0 aromatic heterocycles. The van der Waals surface area contributed by atoms with Crippen LogP contribution in [0.1, 0.15) is 43.9 Å². The molecule has 3 aromatic rings. The van der Waals surface area contributed by atoms with Gasteiger partial charge in [0.2, 0.25) is 11.8 Å². The largest absolute Gasteiger partial charge is 0.375 e. The number of likely N-dealkylation sites (N-methyl/N-ethyl adjacent to an activating group) is 1. The molecule has 1 saturated heterocycles. The zero-order chi connectivity index (χ0) is 31.0. The van der Waals surface area contributed by atoms with Gasteiger partial charge in [-0.15, -0.1) is 0 Å². The van der Waals surface area contributed by atoms with Gasteiger partial charge in [0, 0.05) is 59.3 Å². The number of carbonyl (C=O) groups is 2. The van der Waals surface area contributed by atoms with Crippen LogP contribution in [0.2, 0.25) is 0 Å². The normalized spacial score (nSPS) is 14.0. The minimum absolute atomic E-state index is 0.00545. The second-order valence-electron chi connectivity index (χ2n) is 12.7. The lowest BCUT2D eigenvalue weighted by Crippen LogP contribution is -2.44. The SMILES string of the molecule is COCC(=O)Nc1cc(-c2cccc(CN(Cc3cccc(CN)c3)C(=O)CC(C)(C)C)c2)ccc1N1CCN(C)CC1. The summed E-state index contributed by atoms with van der Waals surface area (Å²) in [7, 11) is 3.65. The molecule has 0 aliphatic carbocycles. The predicted molar refractivity (Wildman–Crippen MR) is 175 cm³/mol. The minimum atomic E-state index is -0.185. The Morgan fingerprint density at radius 2 is 1.51 bits per heavy atom. The highest BCUT2D eigenvalue weighted by molar-refractivity contribution is 5.96. The first-order valence-electron chi connectivity index (χ1n) is 15.1. The Balaban J connectivity index is 1.62. The van der Waals surface area contributed by atoms with Crippen molar-refractivity contribution in [3.63, 3.8) is 0 Å². The number of carbonyl (C=O) groups excluding carboxylic acids is 2. The summed E-state index contributed by atoms with van der Waals surface area (Å²) in [5, 5.41) is 3.07.